The summed E-state index contributed by atoms with van der Waals surface area (Å²) in [5, 5.41) is 3.59. The number of hydrogen-bond acceptors (Lipinski definition) is 2. The Morgan fingerprint density at radius 2 is 1.76 bits per heavy atom. The van der Waals surface area contributed by atoms with Crippen LogP contribution in [0.3, 0.4) is 0 Å². The van der Waals surface area contributed by atoms with Crippen molar-refractivity contribution in [2.45, 2.75) is 46.0 Å². The van der Waals surface area contributed by atoms with Crippen LogP contribution in [0.2, 0.25) is 0 Å². The van der Waals surface area contributed by atoms with Crippen molar-refractivity contribution in [3.05, 3.63) is 0 Å². The average Bonchev–Trinajstić information content (AvgIpc) is 2.53. The highest BCUT2D eigenvalue weighted by Crippen LogP contribution is 2.20. The second-order valence-corrected chi connectivity index (χ2v) is 6.81. The van der Waals surface area contributed by atoms with Gasteiger partial charge in [0, 0.05) is 26.7 Å². The summed E-state index contributed by atoms with van der Waals surface area (Å²) >= 11 is 0. The Morgan fingerprint density at radius 1 is 1.10 bits per heavy atom. The maximum Gasteiger partial charge on any atom is 0.193 e. The molecule has 0 bridgehead atoms. The van der Waals surface area contributed by atoms with Crippen molar-refractivity contribution in [3.8, 4) is 0 Å². The molecule has 1 N–H and O–H groups in total. The van der Waals surface area contributed by atoms with Crippen molar-refractivity contribution in [3.63, 3.8) is 0 Å². The summed E-state index contributed by atoms with van der Waals surface area (Å²) in [7, 11) is 1.92. The average molecular weight is 294 g/mol. The Hall–Kier alpha value is -0.770. The topological polar surface area (TPSA) is 30.9 Å². The van der Waals surface area contributed by atoms with Crippen molar-refractivity contribution in [1.82, 2.24) is 15.1 Å². The Labute approximate surface area is 131 Å². The molecule has 0 aliphatic carbocycles. The molecule has 0 aromatic heterocycles. The van der Waals surface area contributed by atoms with Crippen molar-refractivity contribution in [2.24, 2.45) is 16.8 Å². The minimum Gasteiger partial charge on any atom is -0.356 e. The monoisotopic (exact) mass is 294 g/mol. The van der Waals surface area contributed by atoms with Gasteiger partial charge in [-0.1, -0.05) is 13.8 Å². The van der Waals surface area contributed by atoms with E-state index in [1.54, 1.807) is 0 Å². The first-order chi connectivity index (χ1) is 10.2. The lowest BCUT2D eigenvalue weighted by Gasteiger charge is -2.34. The molecular formula is C17H34N4. The van der Waals surface area contributed by atoms with E-state index in [0.29, 0.717) is 0 Å². The number of hydrogen-bond donors (Lipinski definition) is 1. The van der Waals surface area contributed by atoms with Crippen LogP contribution in [0.15, 0.2) is 4.99 Å². The molecule has 0 unspecified atom stereocenters. The largest absolute Gasteiger partial charge is 0.356 e. The van der Waals surface area contributed by atoms with Gasteiger partial charge in [0.05, 0.1) is 0 Å². The first-order valence-corrected chi connectivity index (χ1v) is 8.90. The van der Waals surface area contributed by atoms with E-state index in [9.17, 15) is 0 Å². The van der Waals surface area contributed by atoms with Crippen LogP contribution in [0, 0.1) is 11.8 Å². The molecule has 2 fully saturated rings. The van der Waals surface area contributed by atoms with E-state index in [0.717, 1.165) is 37.4 Å². The predicted molar refractivity (Wildman–Crippen MR) is 90.8 cm³/mol. The molecule has 0 aromatic rings. The summed E-state index contributed by atoms with van der Waals surface area (Å²) in [5.74, 6) is 2.90. The summed E-state index contributed by atoms with van der Waals surface area (Å²) in [4.78, 5) is 9.47. The van der Waals surface area contributed by atoms with Gasteiger partial charge < -0.3 is 15.1 Å². The fraction of sp³-hybridized carbons (Fsp3) is 0.941. The molecule has 0 atom stereocenters. The van der Waals surface area contributed by atoms with Crippen molar-refractivity contribution < 1.29 is 0 Å². The Morgan fingerprint density at radius 3 is 2.33 bits per heavy atom. The highest BCUT2D eigenvalue weighted by Gasteiger charge is 2.20. The van der Waals surface area contributed by atoms with Crippen molar-refractivity contribution >= 4 is 5.96 Å². The lowest BCUT2D eigenvalue weighted by atomic mass is 9.93. The van der Waals surface area contributed by atoms with Gasteiger partial charge in [-0.25, -0.2) is 0 Å². The molecule has 2 aliphatic rings. The van der Waals surface area contributed by atoms with E-state index in [1.807, 2.05) is 7.05 Å². The van der Waals surface area contributed by atoms with Crippen LogP contribution in [-0.4, -0.2) is 62.1 Å². The SMILES string of the molecule is CCN1CCC(CCNC(=NC)N2CCC(C)CC2)CC1. The molecule has 4 heteroatoms. The number of rotatable bonds is 4. The highest BCUT2D eigenvalue weighted by atomic mass is 15.3. The highest BCUT2D eigenvalue weighted by molar-refractivity contribution is 5.79. The van der Waals surface area contributed by atoms with Crippen LogP contribution < -0.4 is 5.32 Å². The van der Waals surface area contributed by atoms with Gasteiger partial charge in [-0.3, -0.25) is 4.99 Å². The molecule has 0 amide bonds. The third kappa shape index (κ3) is 5.17. The van der Waals surface area contributed by atoms with E-state index < -0.39 is 0 Å². The maximum absolute atomic E-state index is 4.47. The van der Waals surface area contributed by atoms with Crippen LogP contribution >= 0.6 is 0 Å². The van der Waals surface area contributed by atoms with Crippen LogP contribution in [-0.2, 0) is 0 Å². The number of nitrogens with one attached hydrogen (secondary N) is 1. The van der Waals surface area contributed by atoms with Gasteiger partial charge in [0.2, 0.25) is 0 Å². The van der Waals surface area contributed by atoms with Crippen LogP contribution in [0.1, 0.15) is 46.0 Å². The molecule has 4 nitrogen and oxygen atoms in total. The van der Waals surface area contributed by atoms with Crippen molar-refractivity contribution in [2.75, 3.05) is 46.3 Å². The third-order valence-electron chi connectivity index (χ3n) is 5.29. The summed E-state index contributed by atoms with van der Waals surface area (Å²) in [6.07, 6.45) is 6.64. The minimum absolute atomic E-state index is 0.878. The van der Waals surface area contributed by atoms with E-state index in [-0.39, 0.29) is 0 Å². The van der Waals surface area contributed by atoms with Gasteiger partial charge >= 0.3 is 0 Å². The molecule has 2 saturated heterocycles. The summed E-state index contributed by atoms with van der Waals surface area (Å²) in [5.41, 5.74) is 0. The molecular weight excluding hydrogens is 260 g/mol. The minimum atomic E-state index is 0.878. The number of piperidine rings is 2. The molecule has 122 valence electrons. The third-order valence-corrected chi connectivity index (χ3v) is 5.29. The quantitative estimate of drug-likeness (QED) is 0.638. The first kappa shape index (κ1) is 16.6. The summed E-state index contributed by atoms with van der Waals surface area (Å²) in [6, 6.07) is 0. The van der Waals surface area contributed by atoms with Gasteiger partial charge in [0.25, 0.3) is 0 Å². The molecule has 0 radical (unpaired) electrons. The zero-order chi connectivity index (χ0) is 15.1. The van der Waals surface area contributed by atoms with Gasteiger partial charge in [-0.05, 0) is 63.6 Å². The molecule has 0 saturated carbocycles. The molecule has 0 spiro atoms. The smallest absolute Gasteiger partial charge is 0.193 e. The summed E-state index contributed by atoms with van der Waals surface area (Å²) < 4.78 is 0. The number of nitrogens with zero attached hydrogens (tertiary/aromatic N) is 3. The Kier molecular flexibility index (Phi) is 6.81. The fourth-order valence-corrected chi connectivity index (χ4v) is 3.53. The fourth-order valence-electron chi connectivity index (χ4n) is 3.53. The lowest BCUT2D eigenvalue weighted by Crippen LogP contribution is -2.46. The van der Waals surface area contributed by atoms with Crippen LogP contribution in [0.4, 0.5) is 0 Å². The standard InChI is InChI=1S/C17H34N4/c1-4-20-11-8-16(9-12-20)5-10-19-17(18-3)21-13-6-15(2)7-14-21/h15-16H,4-14H2,1-3H3,(H,18,19). The Balaban J connectivity index is 1.65. The molecule has 0 aromatic carbocycles. The zero-order valence-electron chi connectivity index (χ0n) is 14.3. The zero-order valence-corrected chi connectivity index (χ0v) is 14.3. The molecule has 2 aliphatic heterocycles. The second kappa shape index (κ2) is 8.62. The van der Waals surface area contributed by atoms with Crippen molar-refractivity contribution in [1.29, 1.82) is 0 Å². The summed E-state index contributed by atoms with van der Waals surface area (Å²) in [6.45, 7) is 11.8. The van der Waals surface area contributed by atoms with Crippen LogP contribution in [0.25, 0.3) is 0 Å². The van der Waals surface area contributed by atoms with E-state index in [2.05, 4.69) is 34.0 Å². The van der Waals surface area contributed by atoms with Gasteiger partial charge in [0.15, 0.2) is 5.96 Å². The number of likely N-dealkylation sites (tertiary alicyclic amines) is 2. The number of guanidine groups is 1. The Bertz CT molecular complexity index is 313. The lowest BCUT2D eigenvalue weighted by molar-refractivity contribution is 0.187. The first-order valence-electron chi connectivity index (χ1n) is 8.90. The molecule has 21 heavy (non-hydrogen) atoms. The van der Waals surface area contributed by atoms with Crippen LogP contribution in [0.5, 0.6) is 0 Å². The molecule has 2 heterocycles. The van der Waals surface area contributed by atoms with Gasteiger partial charge in [-0.15, -0.1) is 0 Å². The second-order valence-electron chi connectivity index (χ2n) is 6.81. The van der Waals surface area contributed by atoms with Gasteiger partial charge in [-0.2, -0.15) is 0 Å². The number of aliphatic imine (C=N–C) groups is 1. The van der Waals surface area contributed by atoms with E-state index in [1.165, 1.54) is 51.7 Å². The van der Waals surface area contributed by atoms with Gasteiger partial charge in [0.1, 0.15) is 0 Å². The maximum atomic E-state index is 4.47. The van der Waals surface area contributed by atoms with E-state index >= 15 is 0 Å². The molecule has 2 rings (SSSR count). The normalized spacial score (nSPS) is 23.6. The predicted octanol–water partition coefficient (Wildman–Crippen LogP) is 2.42. The van der Waals surface area contributed by atoms with E-state index in [4.69, 9.17) is 0 Å².